The summed E-state index contributed by atoms with van der Waals surface area (Å²) in [6.45, 7) is 6.52. The van der Waals surface area contributed by atoms with Gasteiger partial charge in [0, 0.05) is 26.1 Å². The maximum Gasteiger partial charge on any atom is 0.242 e. The fourth-order valence-electron chi connectivity index (χ4n) is 3.81. The van der Waals surface area contributed by atoms with E-state index in [-0.39, 0.29) is 43.4 Å². The SMILES string of the molecule is CCCNC(=O)[C@H](CC)N(Cc1ccc(C)cc1)C(=O)CCCN(c1ccccc1F)S(C)(=O)=O. The van der Waals surface area contributed by atoms with Crippen molar-refractivity contribution in [2.24, 2.45) is 0 Å². The average Bonchev–Trinajstić information content (AvgIpc) is 2.81. The molecule has 7 nitrogen and oxygen atoms in total. The summed E-state index contributed by atoms with van der Waals surface area (Å²) in [7, 11) is -3.75. The molecule has 192 valence electrons. The normalized spacial score (nSPS) is 12.1. The van der Waals surface area contributed by atoms with Crippen molar-refractivity contribution < 1.29 is 22.4 Å². The van der Waals surface area contributed by atoms with Crippen LogP contribution in [0.2, 0.25) is 0 Å². The van der Waals surface area contributed by atoms with E-state index in [0.717, 1.165) is 28.1 Å². The van der Waals surface area contributed by atoms with Gasteiger partial charge in [0.15, 0.2) is 0 Å². The zero-order valence-electron chi connectivity index (χ0n) is 21.0. The van der Waals surface area contributed by atoms with Crippen LogP contribution in [0.3, 0.4) is 0 Å². The first-order valence-corrected chi connectivity index (χ1v) is 13.8. The number of sulfonamides is 1. The van der Waals surface area contributed by atoms with Crippen molar-refractivity contribution in [2.75, 3.05) is 23.7 Å². The summed E-state index contributed by atoms with van der Waals surface area (Å²) in [6, 6.07) is 12.8. The minimum atomic E-state index is -3.75. The summed E-state index contributed by atoms with van der Waals surface area (Å²) in [5, 5.41) is 2.87. The van der Waals surface area contributed by atoms with Gasteiger partial charge >= 0.3 is 0 Å². The van der Waals surface area contributed by atoms with Crippen molar-refractivity contribution in [2.45, 2.75) is 59.0 Å². The molecule has 0 fully saturated rings. The van der Waals surface area contributed by atoms with Gasteiger partial charge in [-0.3, -0.25) is 13.9 Å². The molecule has 9 heteroatoms. The summed E-state index contributed by atoms with van der Waals surface area (Å²) in [5.41, 5.74) is 1.94. The monoisotopic (exact) mass is 505 g/mol. The number of hydrogen-bond donors (Lipinski definition) is 1. The molecule has 35 heavy (non-hydrogen) atoms. The second-order valence-corrected chi connectivity index (χ2v) is 10.5. The Kier molecular flexibility index (Phi) is 10.7. The molecule has 2 rings (SSSR count). The number of anilines is 1. The lowest BCUT2D eigenvalue weighted by molar-refractivity contribution is -0.141. The van der Waals surface area contributed by atoms with Crippen LogP contribution in [0.5, 0.6) is 0 Å². The maximum absolute atomic E-state index is 14.3. The molecule has 0 saturated carbocycles. The lowest BCUT2D eigenvalue weighted by Crippen LogP contribution is -2.49. The van der Waals surface area contributed by atoms with Gasteiger partial charge in [0.05, 0.1) is 11.9 Å². The van der Waals surface area contributed by atoms with Crippen molar-refractivity contribution in [1.29, 1.82) is 0 Å². The summed E-state index contributed by atoms with van der Waals surface area (Å²) in [6.07, 6.45) is 2.43. The van der Waals surface area contributed by atoms with Crippen molar-refractivity contribution in [3.8, 4) is 0 Å². The Morgan fingerprint density at radius 1 is 1.06 bits per heavy atom. The number of rotatable bonds is 13. The summed E-state index contributed by atoms with van der Waals surface area (Å²) in [5.74, 6) is -1.12. The minimum absolute atomic E-state index is 0.0177. The van der Waals surface area contributed by atoms with E-state index in [1.54, 1.807) is 11.0 Å². The highest BCUT2D eigenvalue weighted by Gasteiger charge is 2.29. The predicted octanol–water partition coefficient (Wildman–Crippen LogP) is 4.01. The molecule has 0 aromatic heterocycles. The third-order valence-corrected chi connectivity index (χ3v) is 6.86. The number of halogens is 1. The van der Waals surface area contributed by atoms with E-state index in [9.17, 15) is 22.4 Å². The largest absolute Gasteiger partial charge is 0.354 e. The van der Waals surface area contributed by atoms with Gasteiger partial charge in [-0.25, -0.2) is 12.8 Å². The van der Waals surface area contributed by atoms with Crippen LogP contribution in [0.4, 0.5) is 10.1 Å². The van der Waals surface area contributed by atoms with Gasteiger partial charge in [-0.2, -0.15) is 0 Å². The Hall–Kier alpha value is -2.94. The van der Waals surface area contributed by atoms with E-state index < -0.39 is 21.9 Å². The number of aryl methyl sites for hydroxylation is 1. The Balaban J connectivity index is 2.20. The van der Waals surface area contributed by atoms with Crippen LogP contribution < -0.4 is 9.62 Å². The van der Waals surface area contributed by atoms with E-state index in [0.29, 0.717) is 13.0 Å². The number of nitrogens with one attached hydrogen (secondary N) is 1. The van der Waals surface area contributed by atoms with Crippen LogP contribution in [0, 0.1) is 12.7 Å². The van der Waals surface area contributed by atoms with Crippen molar-refractivity contribution in [3.63, 3.8) is 0 Å². The molecule has 0 aliphatic heterocycles. The van der Waals surface area contributed by atoms with Crippen molar-refractivity contribution in [3.05, 3.63) is 65.5 Å². The van der Waals surface area contributed by atoms with Gasteiger partial charge in [-0.15, -0.1) is 0 Å². The third-order valence-electron chi connectivity index (χ3n) is 5.68. The number of benzene rings is 2. The van der Waals surface area contributed by atoms with Crippen LogP contribution in [-0.2, 0) is 26.2 Å². The fraction of sp³-hybridized carbons (Fsp3) is 0.462. The zero-order chi connectivity index (χ0) is 26.0. The Morgan fingerprint density at radius 2 is 1.71 bits per heavy atom. The standard InChI is InChI=1S/C26H36FN3O4S/c1-5-17-28-26(32)23(6-2)29(19-21-15-13-20(3)14-16-21)25(31)12-9-18-30(35(4,33)34)24-11-8-7-10-22(24)27/h7-8,10-11,13-16,23H,5-6,9,12,17-19H2,1-4H3,(H,28,32)/t23-/m0/s1. The number of carbonyl (C=O) groups excluding carboxylic acids is 2. The Morgan fingerprint density at radius 3 is 2.29 bits per heavy atom. The van der Waals surface area contributed by atoms with Crippen LogP contribution >= 0.6 is 0 Å². The first-order chi connectivity index (χ1) is 16.6. The molecule has 0 spiro atoms. The average molecular weight is 506 g/mol. The molecule has 0 radical (unpaired) electrons. The van der Waals surface area contributed by atoms with Crippen LogP contribution in [0.25, 0.3) is 0 Å². The molecule has 0 heterocycles. The van der Waals surface area contributed by atoms with Crippen LogP contribution in [0.1, 0.15) is 50.7 Å². The van der Waals surface area contributed by atoms with Gasteiger partial charge in [-0.05, 0) is 43.9 Å². The molecule has 0 unspecified atom stereocenters. The molecule has 1 atom stereocenters. The van der Waals surface area contributed by atoms with Gasteiger partial charge in [0.2, 0.25) is 21.8 Å². The summed E-state index contributed by atoms with van der Waals surface area (Å²) < 4.78 is 39.9. The first-order valence-electron chi connectivity index (χ1n) is 11.9. The molecule has 0 aliphatic rings. The number of amides is 2. The Labute approximate surface area is 208 Å². The molecule has 2 aromatic rings. The molecule has 2 amide bonds. The molecule has 1 N–H and O–H groups in total. The second-order valence-electron chi connectivity index (χ2n) is 8.61. The molecule has 0 bridgehead atoms. The maximum atomic E-state index is 14.3. The van der Waals surface area contributed by atoms with Crippen LogP contribution in [-0.4, -0.2) is 50.5 Å². The number of para-hydroxylation sites is 1. The van der Waals surface area contributed by atoms with Crippen molar-refractivity contribution >= 4 is 27.5 Å². The number of carbonyl (C=O) groups is 2. The molecule has 2 aromatic carbocycles. The topological polar surface area (TPSA) is 86.8 Å². The van der Waals surface area contributed by atoms with Gasteiger partial charge in [0.1, 0.15) is 11.9 Å². The lowest BCUT2D eigenvalue weighted by atomic mass is 10.1. The smallest absolute Gasteiger partial charge is 0.242 e. The van der Waals surface area contributed by atoms with E-state index in [1.165, 1.54) is 18.2 Å². The summed E-state index contributed by atoms with van der Waals surface area (Å²) >= 11 is 0. The quantitative estimate of drug-likeness (QED) is 0.446. The van der Waals surface area contributed by atoms with E-state index >= 15 is 0 Å². The highest BCUT2D eigenvalue weighted by atomic mass is 32.2. The second kappa shape index (κ2) is 13.2. The lowest BCUT2D eigenvalue weighted by Gasteiger charge is -2.31. The van der Waals surface area contributed by atoms with Gasteiger partial charge in [-0.1, -0.05) is 55.8 Å². The van der Waals surface area contributed by atoms with Gasteiger partial charge < -0.3 is 10.2 Å². The zero-order valence-corrected chi connectivity index (χ0v) is 21.8. The molecule has 0 aliphatic carbocycles. The third kappa shape index (κ3) is 8.35. The van der Waals surface area contributed by atoms with Crippen molar-refractivity contribution in [1.82, 2.24) is 10.2 Å². The number of nitrogens with zero attached hydrogens (tertiary/aromatic N) is 2. The van der Waals surface area contributed by atoms with E-state index in [2.05, 4.69) is 5.32 Å². The van der Waals surface area contributed by atoms with E-state index in [4.69, 9.17) is 0 Å². The minimum Gasteiger partial charge on any atom is -0.354 e. The first kappa shape index (κ1) is 28.3. The molecular weight excluding hydrogens is 469 g/mol. The highest BCUT2D eigenvalue weighted by Crippen LogP contribution is 2.22. The Bertz CT molecular complexity index is 1090. The summed E-state index contributed by atoms with van der Waals surface area (Å²) in [4.78, 5) is 27.7. The van der Waals surface area contributed by atoms with Crippen LogP contribution in [0.15, 0.2) is 48.5 Å². The molecule has 0 saturated heterocycles. The predicted molar refractivity (Wildman–Crippen MR) is 137 cm³/mol. The number of hydrogen-bond acceptors (Lipinski definition) is 4. The highest BCUT2D eigenvalue weighted by molar-refractivity contribution is 7.92. The fourth-order valence-corrected chi connectivity index (χ4v) is 4.78. The molecular formula is C26H36FN3O4S. The van der Waals surface area contributed by atoms with E-state index in [1.807, 2.05) is 45.0 Å². The van der Waals surface area contributed by atoms with Gasteiger partial charge in [0.25, 0.3) is 0 Å².